The first-order chi connectivity index (χ1) is 59.5. The molecule has 27 rings (SSSR count). The van der Waals surface area contributed by atoms with Gasteiger partial charge in [-0.3, -0.25) is 22.8 Å². The fraction of sp³-hybridized carbons (Fsp3) is 0. The Balaban J connectivity index is 0.000000104. The average molecular weight is 1540 g/mol. The first-order valence-corrected chi connectivity index (χ1v) is 40.1. The van der Waals surface area contributed by atoms with Crippen LogP contribution in [0.2, 0.25) is 0 Å². The van der Waals surface area contributed by atoms with Gasteiger partial charge in [0.1, 0.15) is 16.9 Å². The van der Waals surface area contributed by atoms with Gasteiger partial charge in [0.25, 0.3) is 0 Å². The zero-order valence-electron chi connectivity index (χ0n) is 64.0. The van der Waals surface area contributed by atoms with Crippen molar-refractivity contribution in [2.45, 2.75) is 0 Å². The van der Waals surface area contributed by atoms with Gasteiger partial charge in [0, 0.05) is 17.0 Å². The molecule has 17 aromatic carbocycles. The molecule has 0 bridgehead atoms. The van der Waals surface area contributed by atoms with E-state index in [4.69, 9.17) is 43.7 Å². The molecule has 0 aliphatic heterocycles. The highest BCUT2D eigenvalue weighted by Crippen LogP contribution is 2.43. The maximum Gasteiger partial charge on any atom is 0.310 e. The molecule has 15 heteroatoms. The number of benzene rings is 17. The molecule has 560 valence electrons. The van der Waals surface area contributed by atoms with Crippen LogP contribution in [0.1, 0.15) is 0 Å². The normalized spacial score (nSPS) is 12.0. The number of oxazole rings is 2. The van der Waals surface area contributed by atoms with Gasteiger partial charge in [-0.05, 0) is 209 Å². The van der Waals surface area contributed by atoms with Crippen LogP contribution in [0.15, 0.2) is 391 Å². The quantitative estimate of drug-likeness (QED) is 0.142. The second kappa shape index (κ2) is 26.5. The number of hydrogen-bond acceptors (Lipinski definition) is 9. The van der Waals surface area contributed by atoms with Gasteiger partial charge in [-0.2, -0.15) is 9.97 Å². The second-order valence-corrected chi connectivity index (χ2v) is 30.4. The van der Waals surface area contributed by atoms with Crippen LogP contribution in [0, 0.1) is 0 Å². The van der Waals surface area contributed by atoms with E-state index in [-0.39, 0.29) is 0 Å². The van der Waals surface area contributed by atoms with Crippen LogP contribution in [-0.4, -0.2) is 61.8 Å². The number of aromatic nitrogens is 13. The van der Waals surface area contributed by atoms with Crippen molar-refractivity contribution in [3.63, 3.8) is 0 Å². The van der Waals surface area contributed by atoms with E-state index < -0.39 is 0 Å². The van der Waals surface area contributed by atoms with Gasteiger partial charge in [-0.1, -0.05) is 255 Å². The van der Waals surface area contributed by atoms with Crippen molar-refractivity contribution in [2.24, 2.45) is 0 Å². The fourth-order valence-electron chi connectivity index (χ4n) is 18.2. The molecule has 0 N–H and O–H groups in total. The molecule has 0 saturated heterocycles. The molecular weight excluding hydrogens is 1480 g/mol. The van der Waals surface area contributed by atoms with Crippen LogP contribution in [-0.2, 0) is 0 Å². The average Bonchev–Trinajstić information content (AvgIpc) is 1.69. The van der Waals surface area contributed by atoms with E-state index in [0.29, 0.717) is 12.0 Å². The molecule has 0 unspecified atom stereocenters. The van der Waals surface area contributed by atoms with Crippen LogP contribution in [0.5, 0.6) is 0 Å². The number of hydrogen-bond donors (Lipinski definition) is 0. The van der Waals surface area contributed by atoms with E-state index in [1.807, 2.05) is 125 Å². The summed E-state index contributed by atoms with van der Waals surface area (Å²) in [6.07, 6.45) is 1.86. The summed E-state index contributed by atoms with van der Waals surface area (Å²) in [5, 5.41) is 12.2. The lowest BCUT2D eigenvalue weighted by atomic mass is 9.92. The zero-order valence-corrected chi connectivity index (χ0v) is 64.0. The Morgan fingerprint density at radius 2 is 0.517 bits per heavy atom. The molecule has 0 aliphatic rings. The number of nitrogens with zero attached hydrogens (tertiary/aromatic N) is 13. The van der Waals surface area contributed by atoms with E-state index in [1.54, 1.807) is 0 Å². The Labute approximate surface area is 681 Å². The summed E-state index contributed by atoms with van der Waals surface area (Å²) in [7, 11) is 0. The Morgan fingerprint density at radius 3 is 1.00 bits per heavy atom. The van der Waals surface area contributed by atoms with Crippen LogP contribution in [0.25, 0.3) is 233 Å². The molecule has 0 spiro atoms. The van der Waals surface area contributed by atoms with Crippen molar-refractivity contribution in [1.82, 2.24) is 61.8 Å². The van der Waals surface area contributed by atoms with E-state index in [0.717, 1.165) is 156 Å². The lowest BCUT2D eigenvalue weighted by Gasteiger charge is -2.12. The number of imidazole rings is 6. The summed E-state index contributed by atoms with van der Waals surface area (Å²) in [4.78, 5) is 34.9. The molecule has 0 fully saturated rings. The molecule has 0 amide bonds. The molecule has 120 heavy (non-hydrogen) atoms. The Hall–Kier alpha value is -16.7. The van der Waals surface area contributed by atoms with Crippen LogP contribution in [0.3, 0.4) is 0 Å². The summed E-state index contributed by atoms with van der Waals surface area (Å²) in [6, 6.07) is 132. The van der Waals surface area contributed by atoms with Gasteiger partial charge in [0.05, 0.1) is 77.2 Å². The second-order valence-electron chi connectivity index (χ2n) is 30.4. The van der Waals surface area contributed by atoms with Crippen molar-refractivity contribution < 1.29 is 8.83 Å². The Kier molecular flexibility index (Phi) is 14.7. The summed E-state index contributed by atoms with van der Waals surface area (Å²) in [5.74, 6) is 3.20. The predicted molar refractivity (Wildman–Crippen MR) is 486 cm³/mol. The van der Waals surface area contributed by atoms with Gasteiger partial charge >= 0.3 is 12.0 Å². The van der Waals surface area contributed by atoms with E-state index in [9.17, 15) is 0 Å². The monoisotopic (exact) mass is 1540 g/mol. The summed E-state index contributed by atoms with van der Waals surface area (Å²) >= 11 is 0. The zero-order chi connectivity index (χ0) is 78.6. The molecule has 0 radical (unpaired) electrons. The SMILES string of the molecule is c1ccc(-c2ccc(-c3ccc4c(c3)n3c5ccccc5nc3n4-c3nc4ccccc4o3)cc2)cc1.c1ccc(-c2ccc3c(c2)n2c4ccccc4nc2n3-c2nc3ccccc3o2)cc1.c1ccc2c(c1)nc1n(-c3ccc4c5ccccc5c5cccnc5c4n3)c3ccc(-c4ccc5c6ccccc6c6ccccc6c5c4)cc3n21. The van der Waals surface area contributed by atoms with E-state index in [1.165, 1.54) is 65.3 Å². The smallest absolute Gasteiger partial charge is 0.310 e. The predicted octanol–water partition coefficient (Wildman–Crippen LogP) is 26.0. The van der Waals surface area contributed by atoms with Gasteiger partial charge in [0.15, 0.2) is 11.2 Å². The van der Waals surface area contributed by atoms with E-state index in [2.05, 4.69) is 285 Å². The van der Waals surface area contributed by atoms with Gasteiger partial charge in [0.2, 0.25) is 17.3 Å². The third-order valence-corrected chi connectivity index (χ3v) is 23.7. The minimum atomic E-state index is 0.511. The van der Waals surface area contributed by atoms with E-state index >= 15 is 0 Å². The summed E-state index contributed by atoms with van der Waals surface area (Å²) in [5.41, 5.74) is 26.5. The minimum absolute atomic E-state index is 0.511. The van der Waals surface area contributed by atoms with Crippen molar-refractivity contribution >= 4 is 171 Å². The van der Waals surface area contributed by atoms with Gasteiger partial charge in [-0.25, -0.2) is 29.1 Å². The fourth-order valence-corrected chi connectivity index (χ4v) is 18.2. The first-order valence-electron chi connectivity index (χ1n) is 40.1. The summed E-state index contributed by atoms with van der Waals surface area (Å²) < 4.78 is 25.2. The molecule has 0 aliphatic carbocycles. The topological polar surface area (TPSA) is 145 Å². The number of para-hydroxylation sites is 10. The maximum atomic E-state index is 6.19. The number of pyridine rings is 2. The van der Waals surface area contributed by atoms with Crippen LogP contribution >= 0.6 is 0 Å². The molecule has 0 atom stereocenters. The van der Waals surface area contributed by atoms with Crippen LogP contribution in [0.4, 0.5) is 0 Å². The van der Waals surface area contributed by atoms with Gasteiger partial charge < -0.3 is 8.83 Å². The standard InChI is InChI=1S/C47H27N5.C32H20N4O.C26H16N4O/c1-2-12-32-30(10-1)31-11-3-6-15-35(31)39-26-28(19-21-36(32)39)29-20-23-42-43(27-29)51-41-18-8-7-17-40(41)49-47(51)52(42)44-24-22-38-34-14-5-4-13-33(34)37-16-9-25-48-45(37)46(38)50-44;1-2-8-21(9-3-1)22-14-16-23(17-15-22)24-18-19-28-29(20-24)35-27-12-6-4-10-25(27)33-31(35)36(28)32-34-26-11-5-7-13-30(26)37-32;1-2-8-17(9-3-1)18-14-15-22-23(16-18)29-21-12-6-4-10-19(21)27-25(29)30(22)26-28-20-11-5-7-13-24(20)31-26/h1-27H;1-20H;1-16H. The highest BCUT2D eigenvalue weighted by atomic mass is 16.4. The number of fused-ring (bicyclic) bond motifs is 29. The van der Waals surface area contributed by atoms with Crippen molar-refractivity contribution in [3.05, 3.63) is 382 Å². The molecule has 0 saturated carbocycles. The molecule has 27 aromatic rings. The third-order valence-electron chi connectivity index (χ3n) is 23.7. The third kappa shape index (κ3) is 10.4. The molecule has 10 aromatic heterocycles. The molecule has 15 nitrogen and oxygen atoms in total. The van der Waals surface area contributed by atoms with Crippen molar-refractivity contribution in [1.29, 1.82) is 0 Å². The lowest BCUT2D eigenvalue weighted by molar-refractivity contribution is 0.572. The highest BCUT2D eigenvalue weighted by Gasteiger charge is 2.26. The van der Waals surface area contributed by atoms with Crippen molar-refractivity contribution in [3.8, 4) is 62.4 Å². The highest BCUT2D eigenvalue weighted by molar-refractivity contribution is 6.26. The largest absolute Gasteiger partial charge is 0.423 e. The maximum absolute atomic E-state index is 6.19. The lowest BCUT2D eigenvalue weighted by Crippen LogP contribution is -1.99. The molecule has 10 heterocycles. The Bertz CT molecular complexity index is 8750. The first kappa shape index (κ1) is 66.8. The summed E-state index contributed by atoms with van der Waals surface area (Å²) in [6.45, 7) is 0. The minimum Gasteiger partial charge on any atom is -0.423 e. The van der Waals surface area contributed by atoms with Crippen molar-refractivity contribution in [2.75, 3.05) is 0 Å². The molecular formula is C105H63N13O2. The van der Waals surface area contributed by atoms with Gasteiger partial charge in [-0.15, -0.1) is 0 Å². The number of rotatable bonds is 7. The Morgan fingerprint density at radius 1 is 0.192 bits per heavy atom. The van der Waals surface area contributed by atoms with Crippen LogP contribution < -0.4 is 0 Å².